The second-order valence-corrected chi connectivity index (χ2v) is 5.05. The van der Waals surface area contributed by atoms with Crippen LogP contribution in [-0.4, -0.2) is 5.91 Å². The van der Waals surface area contributed by atoms with Crippen LogP contribution >= 0.6 is 0 Å². The number of nitrogens with one attached hydrogen (secondary N) is 1. The van der Waals surface area contributed by atoms with Gasteiger partial charge in [-0.2, -0.15) is 0 Å². The van der Waals surface area contributed by atoms with Gasteiger partial charge in [0.15, 0.2) is 0 Å². The van der Waals surface area contributed by atoms with E-state index in [1.54, 1.807) is 0 Å². The fraction of sp³-hybridized carbons (Fsp3) is 0.235. The minimum atomic E-state index is 0.0107. The standard InChI is InChI=1S/C17H20N2O/c1-12-7-9-15(11-13(12)2)19-17(20)10-8-14-5-3-4-6-16(14)18/h3-7,9,11H,8,10,18H2,1-2H3,(H,19,20). The quantitative estimate of drug-likeness (QED) is 0.834. The van der Waals surface area contributed by atoms with Crippen molar-refractivity contribution in [3.05, 3.63) is 59.2 Å². The molecule has 0 aliphatic heterocycles. The Bertz CT molecular complexity index is 620. The number of hydrogen-bond acceptors (Lipinski definition) is 2. The molecule has 0 aliphatic carbocycles. The molecule has 2 aromatic carbocycles. The Labute approximate surface area is 119 Å². The van der Waals surface area contributed by atoms with E-state index in [0.29, 0.717) is 12.8 Å². The predicted molar refractivity (Wildman–Crippen MR) is 83.7 cm³/mol. The van der Waals surface area contributed by atoms with Crippen molar-refractivity contribution in [1.82, 2.24) is 0 Å². The van der Waals surface area contributed by atoms with Gasteiger partial charge < -0.3 is 11.1 Å². The monoisotopic (exact) mass is 268 g/mol. The van der Waals surface area contributed by atoms with Crippen LogP contribution in [0.4, 0.5) is 11.4 Å². The third kappa shape index (κ3) is 3.60. The van der Waals surface area contributed by atoms with Gasteiger partial charge in [-0.3, -0.25) is 4.79 Å². The zero-order valence-corrected chi connectivity index (χ0v) is 11.9. The summed E-state index contributed by atoms with van der Waals surface area (Å²) in [5, 5.41) is 2.92. The van der Waals surface area contributed by atoms with Crippen LogP contribution < -0.4 is 11.1 Å². The lowest BCUT2D eigenvalue weighted by molar-refractivity contribution is -0.116. The van der Waals surface area contributed by atoms with Gasteiger partial charge in [-0.1, -0.05) is 24.3 Å². The number of para-hydroxylation sites is 1. The van der Waals surface area contributed by atoms with E-state index in [2.05, 4.69) is 12.2 Å². The van der Waals surface area contributed by atoms with Crippen LogP contribution in [0.25, 0.3) is 0 Å². The maximum Gasteiger partial charge on any atom is 0.224 e. The number of carbonyl (C=O) groups is 1. The first kappa shape index (κ1) is 14.1. The van der Waals surface area contributed by atoms with Crippen LogP contribution in [0.15, 0.2) is 42.5 Å². The molecule has 1 amide bonds. The van der Waals surface area contributed by atoms with E-state index in [-0.39, 0.29) is 5.91 Å². The molecule has 0 radical (unpaired) electrons. The van der Waals surface area contributed by atoms with E-state index in [9.17, 15) is 4.79 Å². The lowest BCUT2D eigenvalue weighted by atomic mass is 10.1. The molecule has 0 saturated carbocycles. The molecular formula is C17H20N2O. The molecule has 3 nitrogen and oxygen atoms in total. The summed E-state index contributed by atoms with van der Waals surface area (Å²) in [5.74, 6) is 0.0107. The maximum atomic E-state index is 11.9. The predicted octanol–water partition coefficient (Wildman–Crippen LogP) is 3.46. The van der Waals surface area contributed by atoms with Crippen LogP contribution in [0.3, 0.4) is 0 Å². The van der Waals surface area contributed by atoms with E-state index in [1.165, 1.54) is 11.1 Å². The molecule has 0 heterocycles. The average molecular weight is 268 g/mol. The second-order valence-electron chi connectivity index (χ2n) is 5.05. The van der Waals surface area contributed by atoms with Crippen molar-refractivity contribution in [2.24, 2.45) is 0 Å². The molecule has 0 aliphatic rings. The second kappa shape index (κ2) is 6.24. The zero-order valence-electron chi connectivity index (χ0n) is 11.9. The van der Waals surface area contributed by atoms with E-state index in [0.717, 1.165) is 16.9 Å². The first-order valence-corrected chi connectivity index (χ1v) is 6.77. The summed E-state index contributed by atoms with van der Waals surface area (Å²) in [6, 6.07) is 13.6. The number of nitrogen functional groups attached to an aromatic ring is 1. The Kier molecular flexibility index (Phi) is 4.41. The number of aryl methyl sites for hydroxylation is 3. The highest BCUT2D eigenvalue weighted by Gasteiger charge is 2.05. The fourth-order valence-electron chi connectivity index (χ4n) is 2.05. The zero-order chi connectivity index (χ0) is 14.5. The molecule has 2 rings (SSSR count). The Morgan fingerprint density at radius 1 is 1.10 bits per heavy atom. The van der Waals surface area contributed by atoms with E-state index >= 15 is 0 Å². The van der Waals surface area contributed by atoms with E-state index in [1.807, 2.05) is 49.4 Å². The Balaban J connectivity index is 1.93. The molecule has 0 atom stereocenters. The number of rotatable bonds is 4. The summed E-state index contributed by atoms with van der Waals surface area (Å²) < 4.78 is 0. The minimum Gasteiger partial charge on any atom is -0.399 e. The summed E-state index contributed by atoms with van der Waals surface area (Å²) >= 11 is 0. The van der Waals surface area contributed by atoms with Gasteiger partial charge in [-0.05, 0) is 55.2 Å². The molecule has 20 heavy (non-hydrogen) atoms. The number of benzene rings is 2. The number of anilines is 2. The topological polar surface area (TPSA) is 55.1 Å². The van der Waals surface area contributed by atoms with Crippen molar-refractivity contribution in [1.29, 1.82) is 0 Å². The third-order valence-corrected chi connectivity index (χ3v) is 3.47. The molecule has 0 spiro atoms. The molecule has 0 fully saturated rings. The molecule has 0 bridgehead atoms. The van der Waals surface area contributed by atoms with Crippen LogP contribution in [0.1, 0.15) is 23.1 Å². The van der Waals surface area contributed by atoms with Crippen molar-refractivity contribution in [3.63, 3.8) is 0 Å². The van der Waals surface area contributed by atoms with Gasteiger partial charge in [0.05, 0.1) is 0 Å². The van der Waals surface area contributed by atoms with Gasteiger partial charge in [0.1, 0.15) is 0 Å². The largest absolute Gasteiger partial charge is 0.399 e. The lowest BCUT2D eigenvalue weighted by Gasteiger charge is -2.08. The highest BCUT2D eigenvalue weighted by Crippen LogP contribution is 2.16. The minimum absolute atomic E-state index is 0.0107. The molecule has 0 saturated heterocycles. The molecule has 3 N–H and O–H groups in total. The highest BCUT2D eigenvalue weighted by molar-refractivity contribution is 5.91. The van der Waals surface area contributed by atoms with Gasteiger partial charge >= 0.3 is 0 Å². The van der Waals surface area contributed by atoms with Crippen molar-refractivity contribution in [2.75, 3.05) is 11.1 Å². The molecule has 0 aromatic heterocycles. The van der Waals surface area contributed by atoms with Crippen molar-refractivity contribution < 1.29 is 4.79 Å². The van der Waals surface area contributed by atoms with Gasteiger partial charge in [0.25, 0.3) is 0 Å². The number of amides is 1. The van der Waals surface area contributed by atoms with Crippen molar-refractivity contribution in [3.8, 4) is 0 Å². The SMILES string of the molecule is Cc1ccc(NC(=O)CCc2ccccc2N)cc1C. The summed E-state index contributed by atoms with van der Waals surface area (Å²) in [5.41, 5.74) is 10.9. The molecule has 0 unspecified atom stereocenters. The molecule has 104 valence electrons. The van der Waals surface area contributed by atoms with Crippen LogP contribution in [0.2, 0.25) is 0 Å². The van der Waals surface area contributed by atoms with Crippen LogP contribution in [-0.2, 0) is 11.2 Å². The van der Waals surface area contributed by atoms with Crippen molar-refractivity contribution in [2.45, 2.75) is 26.7 Å². The third-order valence-electron chi connectivity index (χ3n) is 3.47. The summed E-state index contributed by atoms with van der Waals surface area (Å²) in [4.78, 5) is 11.9. The highest BCUT2D eigenvalue weighted by atomic mass is 16.1. The van der Waals surface area contributed by atoms with E-state index in [4.69, 9.17) is 5.73 Å². The number of nitrogens with two attached hydrogens (primary N) is 1. The normalized spacial score (nSPS) is 10.3. The van der Waals surface area contributed by atoms with Gasteiger partial charge in [-0.15, -0.1) is 0 Å². The van der Waals surface area contributed by atoms with Gasteiger partial charge in [0.2, 0.25) is 5.91 Å². The molecular weight excluding hydrogens is 248 g/mol. The van der Waals surface area contributed by atoms with Gasteiger partial charge in [-0.25, -0.2) is 0 Å². The Morgan fingerprint density at radius 3 is 2.55 bits per heavy atom. The first-order chi connectivity index (χ1) is 9.56. The maximum absolute atomic E-state index is 11.9. The van der Waals surface area contributed by atoms with E-state index < -0.39 is 0 Å². The lowest BCUT2D eigenvalue weighted by Crippen LogP contribution is -2.12. The van der Waals surface area contributed by atoms with Crippen molar-refractivity contribution >= 4 is 17.3 Å². The average Bonchev–Trinajstić information content (AvgIpc) is 2.42. The summed E-state index contributed by atoms with van der Waals surface area (Å²) in [7, 11) is 0. The summed E-state index contributed by atoms with van der Waals surface area (Å²) in [6.45, 7) is 4.09. The fourth-order valence-corrected chi connectivity index (χ4v) is 2.05. The number of carbonyl (C=O) groups excluding carboxylic acids is 1. The Morgan fingerprint density at radius 2 is 1.85 bits per heavy atom. The van der Waals surface area contributed by atoms with Crippen LogP contribution in [0, 0.1) is 13.8 Å². The van der Waals surface area contributed by atoms with Gasteiger partial charge in [0, 0.05) is 17.8 Å². The Hall–Kier alpha value is -2.29. The number of hydrogen-bond donors (Lipinski definition) is 2. The van der Waals surface area contributed by atoms with Crippen LogP contribution in [0.5, 0.6) is 0 Å². The molecule has 3 heteroatoms. The molecule has 2 aromatic rings. The first-order valence-electron chi connectivity index (χ1n) is 6.77. The summed E-state index contributed by atoms with van der Waals surface area (Å²) in [6.07, 6.45) is 1.09. The smallest absolute Gasteiger partial charge is 0.224 e.